The number of nitrogen functional groups attached to an aromatic ring is 1. The summed E-state index contributed by atoms with van der Waals surface area (Å²) in [6.07, 6.45) is 4.14. The highest BCUT2D eigenvalue weighted by Gasteiger charge is 2.16. The summed E-state index contributed by atoms with van der Waals surface area (Å²) in [5.41, 5.74) is 6.67. The first kappa shape index (κ1) is 13.1. The number of pyridine rings is 1. The van der Waals surface area contributed by atoms with Crippen LogP contribution in [0.5, 0.6) is 0 Å². The molecule has 0 aliphatic carbocycles. The molecule has 0 spiro atoms. The fraction of sp³-hybridized carbons (Fsp3) is 0.231. The van der Waals surface area contributed by atoms with E-state index in [-0.39, 0.29) is 11.7 Å². The molecule has 0 aromatic carbocycles. The highest BCUT2D eigenvalue weighted by Crippen LogP contribution is 2.19. The van der Waals surface area contributed by atoms with E-state index in [0.29, 0.717) is 11.4 Å². The number of anilines is 2. The Bertz CT molecular complexity index is 606. The summed E-state index contributed by atoms with van der Waals surface area (Å²) in [6.45, 7) is 3.87. The fourth-order valence-electron chi connectivity index (χ4n) is 1.77. The van der Waals surface area contributed by atoms with Crippen molar-refractivity contribution >= 4 is 17.3 Å². The van der Waals surface area contributed by atoms with E-state index in [0.717, 1.165) is 6.20 Å². The van der Waals surface area contributed by atoms with Crippen LogP contribution in [-0.4, -0.2) is 15.5 Å². The lowest BCUT2D eigenvalue weighted by Crippen LogP contribution is -2.18. The van der Waals surface area contributed by atoms with E-state index in [4.69, 9.17) is 5.73 Å². The van der Waals surface area contributed by atoms with Crippen LogP contribution in [0.3, 0.4) is 0 Å². The van der Waals surface area contributed by atoms with Crippen molar-refractivity contribution < 1.29 is 9.18 Å². The van der Waals surface area contributed by atoms with E-state index in [2.05, 4.69) is 10.3 Å². The summed E-state index contributed by atoms with van der Waals surface area (Å²) < 4.78 is 15.2. The number of hydrogen-bond donors (Lipinski definition) is 2. The number of halogens is 1. The topological polar surface area (TPSA) is 72.9 Å². The summed E-state index contributed by atoms with van der Waals surface area (Å²) >= 11 is 0. The number of nitrogens with one attached hydrogen (secondary N) is 1. The predicted molar refractivity (Wildman–Crippen MR) is 71.4 cm³/mol. The van der Waals surface area contributed by atoms with Crippen molar-refractivity contribution in [3.05, 3.63) is 42.2 Å². The third-order valence-electron chi connectivity index (χ3n) is 2.68. The normalized spacial score (nSPS) is 10.7. The Hall–Kier alpha value is -2.37. The SMILES string of the molecule is CC(C)n1cc(N)cc1C(=O)Nc1ccncc1F. The molecular formula is C13H15FN4O. The molecule has 2 aromatic heterocycles. The molecule has 19 heavy (non-hydrogen) atoms. The molecule has 0 unspecified atom stereocenters. The highest BCUT2D eigenvalue weighted by molar-refractivity contribution is 6.03. The van der Waals surface area contributed by atoms with Crippen molar-refractivity contribution in [2.75, 3.05) is 11.1 Å². The van der Waals surface area contributed by atoms with E-state index >= 15 is 0 Å². The summed E-state index contributed by atoms with van der Waals surface area (Å²) in [5.74, 6) is -0.984. The molecule has 0 fully saturated rings. The molecule has 0 saturated carbocycles. The summed E-state index contributed by atoms with van der Waals surface area (Å²) in [4.78, 5) is 15.8. The number of rotatable bonds is 3. The number of hydrogen-bond acceptors (Lipinski definition) is 3. The number of nitrogens with two attached hydrogens (primary N) is 1. The van der Waals surface area contributed by atoms with Crippen molar-refractivity contribution in [3.63, 3.8) is 0 Å². The number of amides is 1. The molecule has 0 aliphatic heterocycles. The largest absolute Gasteiger partial charge is 0.397 e. The van der Waals surface area contributed by atoms with Gasteiger partial charge in [-0.3, -0.25) is 9.78 Å². The van der Waals surface area contributed by atoms with Crippen LogP contribution in [-0.2, 0) is 0 Å². The molecule has 0 atom stereocenters. The van der Waals surface area contributed by atoms with Gasteiger partial charge in [-0.05, 0) is 26.0 Å². The maximum atomic E-state index is 13.4. The molecule has 0 aliphatic rings. The molecule has 1 amide bonds. The lowest BCUT2D eigenvalue weighted by atomic mass is 10.3. The second kappa shape index (κ2) is 5.09. The molecule has 5 nitrogen and oxygen atoms in total. The van der Waals surface area contributed by atoms with Crippen LogP contribution in [0.25, 0.3) is 0 Å². The first-order chi connectivity index (χ1) is 8.99. The van der Waals surface area contributed by atoms with Gasteiger partial charge in [-0.1, -0.05) is 0 Å². The van der Waals surface area contributed by atoms with Crippen LogP contribution in [0.4, 0.5) is 15.8 Å². The molecule has 2 heterocycles. The minimum atomic E-state index is -0.577. The Morgan fingerprint density at radius 3 is 2.89 bits per heavy atom. The smallest absolute Gasteiger partial charge is 0.272 e. The molecule has 0 saturated heterocycles. The molecule has 2 rings (SSSR count). The Morgan fingerprint density at radius 1 is 1.53 bits per heavy atom. The fourth-order valence-corrected chi connectivity index (χ4v) is 1.77. The second-order valence-electron chi connectivity index (χ2n) is 4.47. The molecule has 3 N–H and O–H groups in total. The number of aromatic nitrogens is 2. The van der Waals surface area contributed by atoms with E-state index < -0.39 is 11.7 Å². The van der Waals surface area contributed by atoms with Crippen LogP contribution in [0.2, 0.25) is 0 Å². The number of carbonyl (C=O) groups is 1. The molecule has 100 valence electrons. The van der Waals surface area contributed by atoms with E-state index in [9.17, 15) is 9.18 Å². The lowest BCUT2D eigenvalue weighted by Gasteiger charge is -2.12. The summed E-state index contributed by atoms with van der Waals surface area (Å²) in [5, 5.41) is 2.50. The van der Waals surface area contributed by atoms with Crippen molar-refractivity contribution in [2.45, 2.75) is 19.9 Å². The van der Waals surface area contributed by atoms with Crippen LogP contribution >= 0.6 is 0 Å². The third-order valence-corrected chi connectivity index (χ3v) is 2.68. The monoisotopic (exact) mass is 262 g/mol. The van der Waals surface area contributed by atoms with Crippen molar-refractivity contribution in [1.82, 2.24) is 9.55 Å². The third kappa shape index (κ3) is 2.73. The van der Waals surface area contributed by atoms with E-state index in [1.54, 1.807) is 16.8 Å². The van der Waals surface area contributed by atoms with Gasteiger partial charge in [0.25, 0.3) is 5.91 Å². The van der Waals surface area contributed by atoms with Crippen LogP contribution < -0.4 is 11.1 Å². The maximum absolute atomic E-state index is 13.4. The first-order valence-corrected chi connectivity index (χ1v) is 5.87. The number of nitrogens with zero attached hydrogens (tertiary/aromatic N) is 2. The van der Waals surface area contributed by atoms with Gasteiger partial charge in [0.1, 0.15) is 5.69 Å². The lowest BCUT2D eigenvalue weighted by molar-refractivity contribution is 0.101. The summed E-state index contributed by atoms with van der Waals surface area (Å²) in [7, 11) is 0. The molecule has 2 aromatic rings. The van der Waals surface area contributed by atoms with Gasteiger partial charge < -0.3 is 15.6 Å². The van der Waals surface area contributed by atoms with Crippen molar-refractivity contribution in [1.29, 1.82) is 0 Å². The maximum Gasteiger partial charge on any atom is 0.272 e. The van der Waals surface area contributed by atoms with Gasteiger partial charge in [0.2, 0.25) is 0 Å². The molecule has 0 radical (unpaired) electrons. The Balaban J connectivity index is 2.28. The van der Waals surface area contributed by atoms with Gasteiger partial charge in [0.05, 0.1) is 17.6 Å². The van der Waals surface area contributed by atoms with Crippen molar-refractivity contribution in [3.8, 4) is 0 Å². The quantitative estimate of drug-likeness (QED) is 0.892. The van der Waals surface area contributed by atoms with Crippen LogP contribution in [0, 0.1) is 5.82 Å². The van der Waals surface area contributed by atoms with E-state index in [1.165, 1.54) is 12.3 Å². The molecule has 0 bridgehead atoms. The first-order valence-electron chi connectivity index (χ1n) is 5.87. The van der Waals surface area contributed by atoms with Crippen LogP contribution in [0.1, 0.15) is 30.4 Å². The average Bonchev–Trinajstić information content (AvgIpc) is 2.74. The number of carbonyl (C=O) groups excluding carboxylic acids is 1. The zero-order valence-electron chi connectivity index (χ0n) is 10.7. The average molecular weight is 262 g/mol. The van der Waals surface area contributed by atoms with Crippen molar-refractivity contribution in [2.24, 2.45) is 0 Å². The Kier molecular flexibility index (Phi) is 3.50. The highest BCUT2D eigenvalue weighted by atomic mass is 19.1. The van der Waals surface area contributed by atoms with Crippen LogP contribution in [0.15, 0.2) is 30.7 Å². The van der Waals surface area contributed by atoms with Gasteiger partial charge in [-0.15, -0.1) is 0 Å². The minimum absolute atomic E-state index is 0.0836. The standard InChI is InChI=1S/C13H15FN4O/c1-8(2)18-7-9(15)5-12(18)13(19)17-11-3-4-16-6-10(11)14/h3-8H,15H2,1-2H3,(H,16,17,19). The second-order valence-corrected chi connectivity index (χ2v) is 4.47. The van der Waals surface area contributed by atoms with Gasteiger partial charge in [-0.25, -0.2) is 4.39 Å². The van der Waals surface area contributed by atoms with Gasteiger partial charge in [0, 0.05) is 18.4 Å². The predicted octanol–water partition coefficient (Wildman–Crippen LogP) is 2.44. The molecular weight excluding hydrogens is 247 g/mol. The Morgan fingerprint density at radius 2 is 2.26 bits per heavy atom. The van der Waals surface area contributed by atoms with Gasteiger partial charge in [-0.2, -0.15) is 0 Å². The summed E-state index contributed by atoms with van der Waals surface area (Å²) in [6, 6.07) is 3.05. The van der Waals surface area contributed by atoms with E-state index in [1.807, 2.05) is 13.8 Å². The zero-order chi connectivity index (χ0) is 14.0. The zero-order valence-corrected chi connectivity index (χ0v) is 10.7. The Labute approximate surface area is 110 Å². The molecule has 6 heteroatoms. The van der Waals surface area contributed by atoms with Gasteiger partial charge >= 0.3 is 0 Å². The minimum Gasteiger partial charge on any atom is -0.397 e. The van der Waals surface area contributed by atoms with Gasteiger partial charge in [0.15, 0.2) is 5.82 Å².